The van der Waals surface area contributed by atoms with Crippen LogP contribution in [0.1, 0.15) is 0 Å². The van der Waals surface area contributed by atoms with Crippen LogP contribution in [0.4, 0.5) is 17.1 Å². The van der Waals surface area contributed by atoms with Crippen molar-refractivity contribution in [1.29, 1.82) is 0 Å². The van der Waals surface area contributed by atoms with Crippen molar-refractivity contribution < 1.29 is 18.9 Å². The molecule has 0 bridgehead atoms. The Bertz CT molecular complexity index is 1320. The predicted octanol–water partition coefficient (Wildman–Crippen LogP) is 4.57. The molecule has 2 unspecified atom stereocenters. The molecule has 174 valence electrons. The molecule has 4 aromatic carbocycles. The molecule has 8 heteroatoms. The maximum Gasteiger partial charge on any atom is 0.165 e. The van der Waals surface area contributed by atoms with Gasteiger partial charge < -0.3 is 36.1 Å². The fraction of sp³-hybridized carbons (Fsp3) is 0.231. The first kappa shape index (κ1) is 21.6. The van der Waals surface area contributed by atoms with E-state index in [0.717, 1.165) is 55.2 Å². The van der Waals surface area contributed by atoms with Gasteiger partial charge in [0.2, 0.25) is 0 Å². The molecule has 34 heavy (non-hydrogen) atoms. The summed E-state index contributed by atoms with van der Waals surface area (Å²) in [6.45, 7) is 2.45. The Morgan fingerprint density at radius 3 is 1.79 bits per heavy atom. The summed E-state index contributed by atoms with van der Waals surface area (Å²) < 4.78 is 23.2. The van der Waals surface area contributed by atoms with Crippen molar-refractivity contribution in [2.45, 2.75) is 12.2 Å². The monoisotopic (exact) mass is 569 g/mol. The molecule has 4 aromatic rings. The summed E-state index contributed by atoms with van der Waals surface area (Å²) in [6.07, 6.45) is 0.316. The Morgan fingerprint density at radius 1 is 0.735 bits per heavy atom. The highest BCUT2D eigenvalue weighted by molar-refractivity contribution is 14.1. The van der Waals surface area contributed by atoms with E-state index >= 15 is 0 Å². The molecule has 0 saturated carbocycles. The van der Waals surface area contributed by atoms with E-state index in [4.69, 9.17) is 36.1 Å². The zero-order chi connectivity index (χ0) is 23.4. The number of anilines is 3. The summed E-state index contributed by atoms with van der Waals surface area (Å²) in [5.41, 5.74) is 23.0. The molecule has 0 radical (unpaired) electrons. The van der Waals surface area contributed by atoms with E-state index in [0.29, 0.717) is 36.0 Å². The van der Waals surface area contributed by atoms with Crippen LogP contribution >= 0.6 is 22.6 Å². The number of fused-ring (bicyclic) bond motifs is 2. The lowest BCUT2D eigenvalue weighted by Crippen LogP contribution is -2.08. The van der Waals surface area contributed by atoms with Crippen LogP contribution in [0.15, 0.2) is 48.5 Å². The predicted molar refractivity (Wildman–Crippen MR) is 143 cm³/mol. The minimum absolute atomic E-state index is 0.136. The summed E-state index contributed by atoms with van der Waals surface area (Å²) in [7, 11) is 0. The van der Waals surface area contributed by atoms with Gasteiger partial charge in [-0.05, 0) is 68.8 Å². The largest absolute Gasteiger partial charge is 0.487 e. The molecule has 2 heterocycles. The number of benzene rings is 4. The molecule has 7 nitrogen and oxygen atoms in total. The third kappa shape index (κ3) is 4.06. The molecule has 6 rings (SSSR count). The summed E-state index contributed by atoms with van der Waals surface area (Å²) in [4.78, 5) is 0. The topological polar surface area (TPSA) is 122 Å². The Morgan fingerprint density at radius 2 is 1.24 bits per heavy atom. The van der Waals surface area contributed by atoms with Crippen molar-refractivity contribution in [2.75, 3.05) is 43.6 Å². The van der Waals surface area contributed by atoms with E-state index in [-0.39, 0.29) is 12.2 Å². The molecule has 2 fully saturated rings. The van der Waals surface area contributed by atoms with Crippen LogP contribution in [0.3, 0.4) is 0 Å². The Balaban J connectivity index is 1.34. The van der Waals surface area contributed by atoms with Crippen molar-refractivity contribution in [1.82, 2.24) is 0 Å². The Labute approximate surface area is 210 Å². The zero-order valence-corrected chi connectivity index (χ0v) is 20.5. The zero-order valence-electron chi connectivity index (χ0n) is 18.3. The smallest absolute Gasteiger partial charge is 0.165 e. The quantitative estimate of drug-likeness (QED) is 0.169. The van der Waals surface area contributed by atoms with Gasteiger partial charge in [0.25, 0.3) is 0 Å². The minimum Gasteiger partial charge on any atom is -0.487 e. The average molecular weight is 569 g/mol. The number of rotatable bonds is 7. The summed E-state index contributed by atoms with van der Waals surface area (Å²) in [6, 6.07) is 16.4. The second-order valence-electron chi connectivity index (χ2n) is 8.71. The van der Waals surface area contributed by atoms with Gasteiger partial charge in [0, 0.05) is 10.8 Å². The number of nitrogens with two attached hydrogens (primary N) is 3. The first-order valence-corrected chi connectivity index (χ1v) is 12.2. The third-order valence-corrected chi connectivity index (χ3v) is 7.01. The number of halogens is 1. The average Bonchev–Trinajstić information content (AvgIpc) is 3.73. The van der Waals surface area contributed by atoms with Gasteiger partial charge >= 0.3 is 0 Å². The van der Waals surface area contributed by atoms with E-state index in [9.17, 15) is 0 Å². The molecule has 0 spiro atoms. The highest BCUT2D eigenvalue weighted by Crippen LogP contribution is 2.40. The number of epoxide rings is 2. The molecule has 0 amide bonds. The van der Waals surface area contributed by atoms with Gasteiger partial charge in [-0.25, -0.2) is 0 Å². The lowest BCUT2D eigenvalue weighted by Gasteiger charge is -2.15. The van der Waals surface area contributed by atoms with Crippen LogP contribution in [0.25, 0.3) is 32.7 Å². The SMILES string of the molecule is Nc1cc2cc(-c3ccc4c(N)c(OCC5CO5)c(I)cc4c3)ccc2c(N)c1OCC1CO1. The van der Waals surface area contributed by atoms with Gasteiger partial charge in [-0.3, -0.25) is 0 Å². The maximum absolute atomic E-state index is 6.47. The number of hydrogen-bond donors (Lipinski definition) is 3. The molecule has 6 N–H and O–H groups in total. The molecular formula is C26H24IN3O4. The van der Waals surface area contributed by atoms with Crippen molar-refractivity contribution >= 4 is 61.2 Å². The van der Waals surface area contributed by atoms with Crippen molar-refractivity contribution in [3.63, 3.8) is 0 Å². The van der Waals surface area contributed by atoms with Crippen LogP contribution in [-0.4, -0.2) is 38.6 Å². The minimum atomic E-state index is 0.136. The van der Waals surface area contributed by atoms with Crippen LogP contribution < -0.4 is 26.7 Å². The lowest BCUT2D eigenvalue weighted by atomic mass is 9.97. The Hall–Kier alpha value is -2.95. The van der Waals surface area contributed by atoms with Gasteiger partial charge in [0.05, 0.1) is 33.8 Å². The van der Waals surface area contributed by atoms with Crippen molar-refractivity contribution in [3.8, 4) is 22.6 Å². The lowest BCUT2D eigenvalue weighted by molar-refractivity contribution is 0.263. The summed E-state index contributed by atoms with van der Waals surface area (Å²) in [5, 5.41) is 3.89. The highest BCUT2D eigenvalue weighted by atomic mass is 127. The summed E-state index contributed by atoms with van der Waals surface area (Å²) in [5.74, 6) is 1.25. The van der Waals surface area contributed by atoms with E-state index in [1.54, 1.807) is 0 Å². The van der Waals surface area contributed by atoms with Crippen LogP contribution in [0.2, 0.25) is 0 Å². The number of hydrogen-bond acceptors (Lipinski definition) is 7. The second-order valence-corrected chi connectivity index (χ2v) is 9.88. The standard InChI is InChI=1S/C26H24IN3O4/c27-21-7-15-5-13(1-3-19(15)23(29)25(21)33-11-17-9-31-17)14-2-4-20-16(6-14)8-22(28)26(24(20)30)34-12-18-10-32-18/h1-8,17-18H,9-12,28-30H2. The fourth-order valence-electron chi connectivity index (χ4n) is 4.17. The van der Waals surface area contributed by atoms with E-state index < -0.39 is 0 Å². The molecule has 0 aromatic heterocycles. The van der Waals surface area contributed by atoms with Gasteiger partial charge in [-0.2, -0.15) is 0 Å². The fourth-order valence-corrected chi connectivity index (χ4v) is 4.95. The van der Waals surface area contributed by atoms with Crippen molar-refractivity contribution in [3.05, 3.63) is 52.1 Å². The van der Waals surface area contributed by atoms with Crippen LogP contribution in [0, 0.1) is 3.57 Å². The van der Waals surface area contributed by atoms with Gasteiger partial charge in [-0.15, -0.1) is 0 Å². The van der Waals surface area contributed by atoms with Crippen LogP contribution in [-0.2, 0) is 9.47 Å². The van der Waals surface area contributed by atoms with E-state index in [2.05, 4.69) is 52.9 Å². The van der Waals surface area contributed by atoms with Gasteiger partial charge in [0.1, 0.15) is 25.4 Å². The van der Waals surface area contributed by atoms with Gasteiger partial charge in [0.15, 0.2) is 11.5 Å². The number of ether oxygens (including phenoxy) is 4. The normalized spacial score (nSPS) is 18.9. The Kier molecular flexibility index (Phi) is 5.31. The second kappa shape index (κ2) is 8.37. The van der Waals surface area contributed by atoms with E-state index in [1.807, 2.05) is 18.2 Å². The summed E-state index contributed by atoms with van der Waals surface area (Å²) >= 11 is 2.27. The first-order chi connectivity index (χ1) is 16.5. The number of nitrogen functional groups attached to an aromatic ring is 3. The molecule has 2 atom stereocenters. The maximum atomic E-state index is 6.47. The van der Waals surface area contributed by atoms with E-state index in [1.165, 1.54) is 0 Å². The van der Waals surface area contributed by atoms with Crippen molar-refractivity contribution in [2.24, 2.45) is 0 Å². The first-order valence-electron chi connectivity index (χ1n) is 11.1. The third-order valence-electron chi connectivity index (χ3n) is 6.21. The molecule has 2 saturated heterocycles. The van der Waals surface area contributed by atoms with Gasteiger partial charge in [-0.1, -0.05) is 24.3 Å². The molecule has 2 aliphatic rings. The van der Waals surface area contributed by atoms with Crippen LogP contribution in [0.5, 0.6) is 11.5 Å². The molecular weight excluding hydrogens is 545 g/mol. The molecule has 0 aliphatic carbocycles. The molecule has 2 aliphatic heterocycles. The highest BCUT2D eigenvalue weighted by Gasteiger charge is 2.25.